The highest BCUT2D eigenvalue weighted by Crippen LogP contribution is 2.09. The maximum Gasteiger partial charge on any atom is 0.380 e. The fraction of sp³-hybridized carbons (Fsp3) is 0.821. The molecule has 0 amide bonds. The van der Waals surface area contributed by atoms with Crippen LogP contribution in [0.3, 0.4) is 0 Å². The molecule has 0 atom stereocenters. The lowest BCUT2D eigenvalue weighted by Gasteiger charge is -2.15. The van der Waals surface area contributed by atoms with Crippen LogP contribution < -0.4 is 0 Å². The first kappa shape index (κ1) is 45.7. The molecule has 0 aliphatic carbocycles. The molecule has 0 saturated heterocycles. The minimum absolute atomic E-state index is 0.0364. The topological polar surface area (TPSA) is 231 Å². The summed E-state index contributed by atoms with van der Waals surface area (Å²) in [5.41, 5.74) is 0. The van der Waals surface area contributed by atoms with E-state index in [1.165, 1.54) is 14.3 Å². The van der Waals surface area contributed by atoms with Crippen LogP contribution in [0.1, 0.15) is 40.9 Å². The number of nitrogens with zero attached hydrogens (tertiary/aromatic N) is 12. The lowest BCUT2D eigenvalue weighted by atomic mass is 10.6. The van der Waals surface area contributed by atoms with Crippen LogP contribution in [0.25, 0.3) is 0 Å². The van der Waals surface area contributed by atoms with E-state index in [1.54, 1.807) is 13.8 Å². The van der Waals surface area contributed by atoms with Crippen molar-refractivity contribution in [3.8, 4) is 0 Å². The zero-order valence-electron chi connectivity index (χ0n) is 32.2. The number of esters is 2. The highest BCUT2D eigenvalue weighted by atomic mass is 28.3. The maximum absolute atomic E-state index is 11.5. The van der Waals surface area contributed by atoms with Gasteiger partial charge in [0.1, 0.15) is 13.3 Å². The normalized spacial score (nSPS) is 11.7. The summed E-state index contributed by atoms with van der Waals surface area (Å²) in [7, 11) is -3.22. The number of carbonyl (C=O) groups excluding carboxylic acids is 2. The molecule has 3 aromatic heterocycles. The van der Waals surface area contributed by atoms with Gasteiger partial charge in [0, 0.05) is 44.0 Å². The Morgan fingerprint density at radius 3 is 1.57 bits per heavy atom. The van der Waals surface area contributed by atoms with Gasteiger partial charge in [0.05, 0.1) is 13.2 Å². The van der Waals surface area contributed by atoms with Crippen LogP contribution in [0, 0.1) is 0 Å². The summed E-state index contributed by atoms with van der Waals surface area (Å²) >= 11 is 0. The fourth-order valence-electron chi connectivity index (χ4n) is 3.18. The highest BCUT2D eigenvalue weighted by molar-refractivity contribution is 6.76. The molecule has 0 fully saturated rings. The van der Waals surface area contributed by atoms with Crippen LogP contribution >= 0.6 is 0 Å². The summed E-state index contributed by atoms with van der Waals surface area (Å²) in [5, 5.41) is 41.9. The third-order valence-corrected chi connectivity index (χ3v) is 11.3. The van der Waals surface area contributed by atoms with Gasteiger partial charge >= 0.3 is 11.9 Å². The van der Waals surface area contributed by atoms with Gasteiger partial charge in [-0.15, -0.1) is 35.1 Å². The lowest BCUT2D eigenvalue weighted by molar-refractivity contribution is 0.0444. The molecule has 20 nitrogen and oxygen atoms in total. The Balaban J connectivity index is 0.000000384. The van der Waals surface area contributed by atoms with Crippen molar-refractivity contribution in [3.05, 3.63) is 17.5 Å². The summed E-state index contributed by atoms with van der Waals surface area (Å²) in [4.78, 5) is 25.4. The van der Waals surface area contributed by atoms with Gasteiger partial charge in [0.2, 0.25) is 0 Å². The Hall–Kier alpha value is -3.36. The number of aliphatic hydroxyl groups excluding tert-OH is 1. The molecule has 0 aliphatic heterocycles. The lowest BCUT2D eigenvalue weighted by Crippen LogP contribution is -2.22. The number of tetrazole rings is 3. The fourth-order valence-corrected chi connectivity index (χ4v) is 5.45. The van der Waals surface area contributed by atoms with Crippen molar-refractivity contribution in [1.29, 1.82) is 0 Å². The van der Waals surface area contributed by atoms with E-state index in [0.717, 1.165) is 24.7 Å². The summed E-state index contributed by atoms with van der Waals surface area (Å²) in [5.74, 6) is -0.735. The summed E-state index contributed by atoms with van der Waals surface area (Å²) in [6.45, 7) is 27.2. The van der Waals surface area contributed by atoms with Gasteiger partial charge in [-0.2, -0.15) is 4.68 Å². The first-order chi connectivity index (χ1) is 23.9. The van der Waals surface area contributed by atoms with E-state index in [-0.39, 0.29) is 31.7 Å². The van der Waals surface area contributed by atoms with E-state index in [2.05, 4.69) is 105 Å². The van der Waals surface area contributed by atoms with E-state index in [0.29, 0.717) is 39.0 Å². The maximum atomic E-state index is 11.5. The summed E-state index contributed by atoms with van der Waals surface area (Å²) in [6.07, 6.45) is 0. The molecule has 0 radical (unpaired) electrons. The predicted octanol–water partition coefficient (Wildman–Crippen LogP) is 2.80. The van der Waals surface area contributed by atoms with Crippen LogP contribution in [0.5, 0.6) is 0 Å². The average molecular weight is 775 g/mol. The molecule has 1 N–H and O–H groups in total. The smallest absolute Gasteiger partial charge is 0.380 e. The third kappa shape index (κ3) is 22.2. The standard InChI is InChI=1S/2C10H20N4O3Si.C8H18N4O2Si/c1-5-17-10(15)9-11-12-13-14(9)8-16-6-7-18(2,3)4;1-5-17-10(15)9-11-13-14(12-9)8-16-6-7-18(2,3)4;1-15(2,3)5-4-14-7-12-10-8(6-13)9-11-12/h2*5-8H2,1-4H3;13H,4-7H2,1-3H3. The van der Waals surface area contributed by atoms with Crippen molar-refractivity contribution in [2.45, 2.75) is 118 Å². The zero-order valence-corrected chi connectivity index (χ0v) is 35.2. The Morgan fingerprint density at radius 1 is 0.627 bits per heavy atom. The first-order valence-electron chi connectivity index (χ1n) is 16.9. The molecule has 0 saturated carbocycles. The number of carbonyl (C=O) groups is 2. The second-order valence-electron chi connectivity index (χ2n) is 14.7. The molecule has 3 heterocycles. The van der Waals surface area contributed by atoms with Crippen LogP contribution in [-0.4, -0.2) is 135 Å². The number of aliphatic hydroxyl groups is 1. The van der Waals surface area contributed by atoms with Crippen molar-refractivity contribution in [2.75, 3.05) is 33.0 Å². The van der Waals surface area contributed by atoms with Crippen LogP contribution in [0.2, 0.25) is 77.1 Å². The quantitative estimate of drug-likeness (QED) is 0.0988. The van der Waals surface area contributed by atoms with Gasteiger partial charge in [-0.1, -0.05) is 58.9 Å². The minimum Gasteiger partial charge on any atom is -0.460 e. The first-order valence-corrected chi connectivity index (χ1v) is 28.0. The molecule has 0 spiro atoms. The second kappa shape index (κ2) is 23.3. The van der Waals surface area contributed by atoms with Gasteiger partial charge in [0.15, 0.2) is 19.3 Å². The largest absolute Gasteiger partial charge is 0.460 e. The molecule has 0 bridgehead atoms. The van der Waals surface area contributed by atoms with E-state index in [9.17, 15) is 9.59 Å². The second-order valence-corrected chi connectivity index (χ2v) is 31.6. The van der Waals surface area contributed by atoms with E-state index >= 15 is 0 Å². The van der Waals surface area contributed by atoms with Crippen molar-refractivity contribution in [2.24, 2.45) is 0 Å². The Kier molecular flexibility index (Phi) is 20.8. The van der Waals surface area contributed by atoms with E-state index in [4.69, 9.17) is 28.8 Å². The number of ether oxygens (including phenoxy) is 5. The number of aromatic nitrogens is 12. The summed E-state index contributed by atoms with van der Waals surface area (Å²) in [6, 6.07) is 3.25. The molecule has 0 unspecified atom stereocenters. The Morgan fingerprint density at radius 2 is 1.10 bits per heavy atom. The molecule has 3 aromatic rings. The van der Waals surface area contributed by atoms with Crippen molar-refractivity contribution >= 4 is 36.2 Å². The molecule has 0 aromatic carbocycles. The number of hydrogen-bond donors (Lipinski definition) is 1. The number of rotatable bonds is 20. The van der Waals surface area contributed by atoms with Crippen molar-refractivity contribution < 1.29 is 38.4 Å². The van der Waals surface area contributed by atoms with Crippen molar-refractivity contribution in [3.63, 3.8) is 0 Å². The third-order valence-electron chi connectivity index (χ3n) is 6.15. The number of hydrogen-bond acceptors (Lipinski definition) is 17. The van der Waals surface area contributed by atoms with Gasteiger partial charge in [0.25, 0.3) is 11.6 Å². The van der Waals surface area contributed by atoms with Crippen LogP contribution in [0.15, 0.2) is 0 Å². The zero-order chi connectivity index (χ0) is 38.5. The summed E-state index contributed by atoms with van der Waals surface area (Å²) < 4.78 is 27.2. The van der Waals surface area contributed by atoms with E-state index in [1.807, 2.05) is 0 Å². The van der Waals surface area contributed by atoms with Crippen LogP contribution in [0.4, 0.5) is 0 Å². The monoisotopic (exact) mass is 774 g/mol. The van der Waals surface area contributed by atoms with Gasteiger partial charge in [-0.25, -0.2) is 9.59 Å². The predicted molar refractivity (Wildman–Crippen MR) is 194 cm³/mol. The van der Waals surface area contributed by atoms with E-state index < -0.39 is 36.2 Å². The molecular formula is C28H58N12O8Si3. The molecular weight excluding hydrogens is 717 g/mol. The molecule has 290 valence electrons. The minimum atomic E-state index is -1.10. The SMILES string of the molecule is CCOC(=O)c1nnn(COCC[Si](C)(C)C)n1.CCOC(=O)c1nnnn1COCC[Si](C)(C)C.C[Si](C)(C)CCOCn1nnc(CO)n1. The van der Waals surface area contributed by atoms with Crippen LogP contribution in [-0.2, 0) is 50.5 Å². The van der Waals surface area contributed by atoms with Crippen molar-refractivity contribution in [1.82, 2.24) is 60.6 Å². The average Bonchev–Trinajstić information content (AvgIpc) is 3.81. The Labute approximate surface area is 302 Å². The highest BCUT2D eigenvalue weighted by Gasteiger charge is 2.18. The Bertz CT molecular complexity index is 1400. The van der Waals surface area contributed by atoms with Gasteiger partial charge in [-0.3, -0.25) is 0 Å². The molecule has 23 heteroatoms. The van der Waals surface area contributed by atoms with Gasteiger partial charge in [-0.05, 0) is 52.8 Å². The molecule has 3 rings (SSSR count). The molecule has 51 heavy (non-hydrogen) atoms. The van der Waals surface area contributed by atoms with Gasteiger partial charge < -0.3 is 28.8 Å². The molecule has 0 aliphatic rings.